The van der Waals surface area contributed by atoms with Gasteiger partial charge >= 0.3 is 6.01 Å². The van der Waals surface area contributed by atoms with E-state index in [0.717, 1.165) is 61.8 Å². The van der Waals surface area contributed by atoms with Crippen molar-refractivity contribution < 1.29 is 4.74 Å². The van der Waals surface area contributed by atoms with E-state index in [1.807, 2.05) is 31.2 Å². The predicted molar refractivity (Wildman–Crippen MR) is 161 cm³/mol. The van der Waals surface area contributed by atoms with Crippen LogP contribution in [-0.2, 0) is 13.0 Å². The highest BCUT2D eigenvalue weighted by Crippen LogP contribution is 2.37. The zero-order valence-electron chi connectivity index (χ0n) is 23.7. The van der Waals surface area contributed by atoms with E-state index >= 15 is 0 Å². The molecule has 0 bridgehead atoms. The third-order valence-corrected chi connectivity index (χ3v) is 9.31. The molecule has 0 N–H and O–H groups in total. The Hall–Kier alpha value is -2.73. The number of halogens is 2. The van der Waals surface area contributed by atoms with Crippen molar-refractivity contribution in [1.82, 2.24) is 19.8 Å². The molecule has 3 atom stereocenters. The van der Waals surface area contributed by atoms with Gasteiger partial charge < -0.3 is 24.3 Å². The molecule has 3 unspecified atom stereocenters. The fourth-order valence-corrected chi connectivity index (χ4v) is 6.88. The van der Waals surface area contributed by atoms with Gasteiger partial charge in [0.05, 0.1) is 53.1 Å². The van der Waals surface area contributed by atoms with Crippen LogP contribution in [0.4, 0.5) is 11.5 Å². The maximum Gasteiger partial charge on any atom is 0.318 e. The van der Waals surface area contributed by atoms with Crippen molar-refractivity contribution in [2.75, 3.05) is 56.7 Å². The van der Waals surface area contributed by atoms with Gasteiger partial charge in [-0.15, -0.1) is 0 Å². The highest BCUT2D eigenvalue weighted by atomic mass is 35.5. The van der Waals surface area contributed by atoms with Crippen molar-refractivity contribution in [1.29, 1.82) is 5.26 Å². The average molecular weight is 585 g/mol. The van der Waals surface area contributed by atoms with Gasteiger partial charge in [-0.05, 0) is 58.6 Å². The molecule has 10 heteroatoms. The lowest BCUT2D eigenvalue weighted by Crippen LogP contribution is -2.51. The summed E-state index contributed by atoms with van der Waals surface area (Å²) in [5.74, 6) is 1.40. The monoisotopic (exact) mass is 583 g/mol. The molecule has 2 fully saturated rings. The molecule has 3 aliphatic rings. The Labute approximate surface area is 248 Å². The number of benzene rings is 1. The lowest BCUT2D eigenvalue weighted by molar-refractivity contribution is 0.161. The van der Waals surface area contributed by atoms with E-state index in [1.54, 1.807) is 0 Å². The first-order valence-corrected chi connectivity index (χ1v) is 15.0. The predicted octanol–water partition coefficient (Wildman–Crippen LogP) is 5.39. The second-order valence-electron chi connectivity index (χ2n) is 11.2. The molecule has 0 radical (unpaired) electrons. The summed E-state index contributed by atoms with van der Waals surface area (Å²) in [6.45, 7) is 6.41. The number of hydrogen-bond acceptors (Lipinski definition) is 8. The Morgan fingerprint density at radius 1 is 1.15 bits per heavy atom. The fraction of sp³-hybridized carbons (Fsp3) is 0.567. The van der Waals surface area contributed by atoms with Crippen LogP contribution in [0.5, 0.6) is 6.01 Å². The van der Waals surface area contributed by atoms with Crippen molar-refractivity contribution in [2.45, 2.75) is 57.7 Å². The fourth-order valence-electron chi connectivity index (χ4n) is 6.47. The van der Waals surface area contributed by atoms with Crippen molar-refractivity contribution >= 4 is 34.7 Å². The Morgan fingerprint density at radius 2 is 2.00 bits per heavy atom. The minimum absolute atomic E-state index is 0.106. The number of ether oxygens (including phenoxy) is 1. The lowest BCUT2D eigenvalue weighted by Gasteiger charge is -2.42. The number of nitriles is 1. The number of hydrogen-bond donors (Lipinski definition) is 0. The van der Waals surface area contributed by atoms with E-state index in [9.17, 15) is 5.26 Å². The highest BCUT2D eigenvalue weighted by molar-refractivity contribution is 6.43. The van der Waals surface area contributed by atoms with Gasteiger partial charge in [-0.25, -0.2) is 0 Å². The number of allylic oxidation sites excluding steroid dienone is 1. The molecule has 1 aromatic heterocycles. The largest absolute Gasteiger partial charge is 0.463 e. The van der Waals surface area contributed by atoms with Gasteiger partial charge in [0.2, 0.25) is 0 Å². The molecule has 8 nitrogen and oxygen atoms in total. The van der Waals surface area contributed by atoms with E-state index in [0.29, 0.717) is 47.6 Å². The third-order valence-electron chi connectivity index (χ3n) is 8.50. The minimum Gasteiger partial charge on any atom is -0.463 e. The normalized spacial score (nSPS) is 23.1. The first-order valence-electron chi connectivity index (χ1n) is 14.3. The summed E-state index contributed by atoms with van der Waals surface area (Å²) in [5, 5.41) is 10.6. The molecule has 0 spiro atoms. The zero-order chi connectivity index (χ0) is 28.2. The molecule has 1 saturated heterocycles. The molecule has 5 rings (SSSR count). The Kier molecular flexibility index (Phi) is 9.24. The Balaban J connectivity index is 1.45. The smallest absolute Gasteiger partial charge is 0.318 e. The maximum absolute atomic E-state index is 9.52. The number of aromatic nitrogens is 2. The molecule has 2 aliphatic heterocycles. The van der Waals surface area contributed by atoms with E-state index in [1.165, 1.54) is 12.8 Å². The summed E-state index contributed by atoms with van der Waals surface area (Å²) in [4.78, 5) is 19.1. The van der Waals surface area contributed by atoms with Crippen LogP contribution in [0.3, 0.4) is 0 Å². The minimum atomic E-state index is 0.106. The summed E-state index contributed by atoms with van der Waals surface area (Å²) in [6.07, 6.45) is 8.97. The van der Waals surface area contributed by atoms with Crippen LogP contribution in [0.2, 0.25) is 10.0 Å². The van der Waals surface area contributed by atoms with Gasteiger partial charge in [0.1, 0.15) is 5.82 Å². The molecule has 1 aliphatic carbocycles. The Morgan fingerprint density at radius 3 is 2.77 bits per heavy atom. The van der Waals surface area contributed by atoms with Crippen LogP contribution >= 0.6 is 23.2 Å². The summed E-state index contributed by atoms with van der Waals surface area (Å²) in [7, 11) is 4.30. The number of fused-ring (bicyclic) bond motifs is 1. The zero-order valence-corrected chi connectivity index (χ0v) is 25.2. The average Bonchev–Trinajstić information content (AvgIpc) is 3.43. The van der Waals surface area contributed by atoms with Crippen LogP contribution in [0.25, 0.3) is 0 Å². The van der Waals surface area contributed by atoms with Crippen molar-refractivity contribution in [3.8, 4) is 12.1 Å². The molecule has 3 heterocycles. The summed E-state index contributed by atoms with van der Waals surface area (Å²) < 4.78 is 6.37. The van der Waals surface area contributed by atoms with Crippen molar-refractivity contribution in [3.63, 3.8) is 0 Å². The number of nitrogens with zero attached hydrogens (tertiary/aromatic N) is 7. The summed E-state index contributed by atoms with van der Waals surface area (Å²) in [6, 6.07) is 9.19. The molecular formula is C30H39Cl2N7O. The molecule has 0 amide bonds. The van der Waals surface area contributed by atoms with E-state index < -0.39 is 0 Å². The molecule has 1 aromatic carbocycles. The molecule has 40 heavy (non-hydrogen) atoms. The number of rotatable bonds is 8. The molecule has 2 aromatic rings. The molecule has 214 valence electrons. The van der Waals surface area contributed by atoms with Crippen LogP contribution in [-0.4, -0.2) is 78.7 Å². The van der Waals surface area contributed by atoms with Crippen molar-refractivity contribution in [2.24, 2.45) is 5.92 Å². The topological polar surface area (TPSA) is 71.8 Å². The van der Waals surface area contributed by atoms with E-state index in [4.69, 9.17) is 37.9 Å². The van der Waals surface area contributed by atoms with Crippen LogP contribution in [0, 0.1) is 17.2 Å². The highest BCUT2D eigenvalue weighted by Gasteiger charge is 2.33. The van der Waals surface area contributed by atoms with E-state index in [2.05, 4.69) is 46.0 Å². The standard InChI is InChI=1S/C30H39Cl2N7O/c1-4-14-37-16-17-39(18-22(37)11-13-33)29-23-12-15-38(27-10-6-8-24(31)28(27)32)19-25(23)34-30(35-29)40-20-21-7-5-9-26(21)36(2)3/h4,6,8,10,14,21-22,26H,5,7,9,11-12,15-20H2,1-3H3. The van der Waals surface area contributed by atoms with Gasteiger partial charge in [0.15, 0.2) is 0 Å². The van der Waals surface area contributed by atoms with Crippen molar-refractivity contribution in [3.05, 3.63) is 51.8 Å². The van der Waals surface area contributed by atoms with E-state index in [-0.39, 0.29) is 6.04 Å². The SMILES string of the molecule is CC=CN1CCN(c2nc(OCC3CCCC3N(C)C)nc3c2CCN(c2cccc(Cl)c2Cl)C3)CC1CC#N. The first-order chi connectivity index (χ1) is 19.4. The second kappa shape index (κ2) is 12.8. The quantitative estimate of drug-likeness (QED) is 0.409. The molecular weight excluding hydrogens is 545 g/mol. The van der Waals surface area contributed by atoms with Gasteiger partial charge in [0, 0.05) is 43.7 Å². The van der Waals surface area contributed by atoms with Crippen LogP contribution in [0.1, 0.15) is 43.9 Å². The molecule has 1 saturated carbocycles. The Bertz CT molecular complexity index is 1260. The number of piperazine rings is 1. The maximum atomic E-state index is 9.52. The first kappa shape index (κ1) is 28.8. The van der Waals surface area contributed by atoms with Crippen LogP contribution < -0.4 is 14.5 Å². The van der Waals surface area contributed by atoms with Gasteiger partial charge in [-0.1, -0.05) is 41.8 Å². The summed E-state index contributed by atoms with van der Waals surface area (Å²) in [5.41, 5.74) is 3.03. The second-order valence-corrected chi connectivity index (χ2v) is 12.0. The van der Waals surface area contributed by atoms with Gasteiger partial charge in [0.25, 0.3) is 0 Å². The van der Waals surface area contributed by atoms with Gasteiger partial charge in [-0.3, -0.25) is 0 Å². The lowest BCUT2D eigenvalue weighted by atomic mass is 10.0. The van der Waals surface area contributed by atoms with Crippen LogP contribution in [0.15, 0.2) is 30.5 Å². The van der Waals surface area contributed by atoms with Gasteiger partial charge in [-0.2, -0.15) is 15.2 Å². The number of anilines is 2. The summed E-state index contributed by atoms with van der Waals surface area (Å²) >= 11 is 13.0. The third kappa shape index (κ3) is 6.12.